The molecule has 0 saturated heterocycles. The van der Waals surface area contributed by atoms with Crippen molar-refractivity contribution in [2.75, 3.05) is 6.61 Å². The fourth-order valence-electron chi connectivity index (χ4n) is 1.70. The lowest BCUT2D eigenvalue weighted by Gasteiger charge is -2.09. The summed E-state index contributed by atoms with van der Waals surface area (Å²) in [5, 5.41) is 8.94. The van der Waals surface area contributed by atoms with Crippen LogP contribution in [0.2, 0.25) is 0 Å². The number of nitrogens with two attached hydrogens (primary N) is 1. The Balaban J connectivity index is 2.85. The molecule has 0 aromatic carbocycles. The molecule has 6 heteroatoms. The van der Waals surface area contributed by atoms with Gasteiger partial charge in [-0.25, -0.2) is 0 Å². The molecule has 3 N–H and O–H groups in total. The molecule has 0 aliphatic heterocycles. The third-order valence-corrected chi connectivity index (χ3v) is 2.45. The first-order valence-corrected chi connectivity index (χ1v) is 5.04. The Hall–Kier alpha value is -2.21. The van der Waals surface area contributed by atoms with Crippen LogP contribution >= 0.6 is 0 Å². The molecule has 17 heavy (non-hydrogen) atoms. The Bertz CT molecular complexity index is 633. The van der Waals surface area contributed by atoms with Crippen molar-refractivity contribution in [3.63, 3.8) is 0 Å². The van der Waals surface area contributed by atoms with E-state index in [0.29, 0.717) is 11.0 Å². The maximum atomic E-state index is 11.9. The van der Waals surface area contributed by atoms with E-state index in [0.717, 1.165) is 0 Å². The second-order valence-corrected chi connectivity index (χ2v) is 3.51. The number of amides is 1. The van der Waals surface area contributed by atoms with Crippen molar-refractivity contribution in [1.82, 2.24) is 9.55 Å². The van der Waals surface area contributed by atoms with Crippen LogP contribution in [0.5, 0.6) is 0 Å². The summed E-state index contributed by atoms with van der Waals surface area (Å²) in [7, 11) is 0. The summed E-state index contributed by atoms with van der Waals surface area (Å²) in [6.45, 7) is -0.103. The van der Waals surface area contributed by atoms with Crippen molar-refractivity contribution in [1.29, 1.82) is 0 Å². The van der Waals surface area contributed by atoms with E-state index in [9.17, 15) is 9.59 Å². The molecular formula is C11H11N3O3. The number of primary amides is 1. The van der Waals surface area contributed by atoms with Crippen molar-refractivity contribution < 1.29 is 9.90 Å². The van der Waals surface area contributed by atoms with Crippen molar-refractivity contribution in [3.8, 4) is 0 Å². The van der Waals surface area contributed by atoms with Crippen LogP contribution in [-0.2, 0) is 6.54 Å². The first-order valence-electron chi connectivity index (χ1n) is 5.04. The van der Waals surface area contributed by atoms with Crippen LogP contribution in [0.3, 0.4) is 0 Å². The lowest BCUT2D eigenvalue weighted by molar-refractivity contribution is 0.0998. The standard InChI is InChI=1S/C11H11N3O3/c12-10(16)7-6-8-9(2-1-3-13-8)14(4-5-15)11(7)17/h1-3,6,15H,4-5H2,(H2,12,16). The molecule has 1 amide bonds. The van der Waals surface area contributed by atoms with E-state index in [2.05, 4.69) is 4.98 Å². The van der Waals surface area contributed by atoms with Crippen LogP contribution in [0.15, 0.2) is 29.2 Å². The number of nitrogens with zero attached hydrogens (tertiary/aromatic N) is 2. The molecule has 2 heterocycles. The van der Waals surface area contributed by atoms with Crippen molar-refractivity contribution in [2.45, 2.75) is 6.54 Å². The molecule has 2 rings (SSSR count). The lowest BCUT2D eigenvalue weighted by Crippen LogP contribution is -2.30. The van der Waals surface area contributed by atoms with Gasteiger partial charge in [-0.15, -0.1) is 0 Å². The summed E-state index contributed by atoms with van der Waals surface area (Å²) < 4.78 is 1.29. The van der Waals surface area contributed by atoms with E-state index in [1.54, 1.807) is 18.3 Å². The molecule has 2 aromatic rings. The molecule has 0 aliphatic carbocycles. The fraction of sp³-hybridized carbons (Fsp3) is 0.182. The van der Waals surface area contributed by atoms with Gasteiger partial charge in [0.05, 0.1) is 17.6 Å². The second-order valence-electron chi connectivity index (χ2n) is 3.51. The number of aromatic nitrogens is 2. The van der Waals surface area contributed by atoms with E-state index >= 15 is 0 Å². The van der Waals surface area contributed by atoms with E-state index in [1.165, 1.54) is 10.6 Å². The number of rotatable bonds is 3. The first kappa shape index (κ1) is 11.3. The molecule has 0 saturated carbocycles. The van der Waals surface area contributed by atoms with Crippen molar-refractivity contribution in [3.05, 3.63) is 40.3 Å². The Morgan fingerprint density at radius 2 is 2.29 bits per heavy atom. The average molecular weight is 233 g/mol. The van der Waals surface area contributed by atoms with E-state index < -0.39 is 11.5 Å². The summed E-state index contributed by atoms with van der Waals surface area (Å²) >= 11 is 0. The van der Waals surface area contributed by atoms with Gasteiger partial charge in [0.15, 0.2) is 0 Å². The highest BCUT2D eigenvalue weighted by molar-refractivity contribution is 5.95. The quantitative estimate of drug-likeness (QED) is 0.745. The first-order chi connectivity index (χ1) is 8.15. The summed E-state index contributed by atoms with van der Waals surface area (Å²) in [4.78, 5) is 27.1. The molecule has 0 bridgehead atoms. The summed E-state index contributed by atoms with van der Waals surface area (Å²) in [5.41, 5.74) is 5.56. The molecule has 0 spiro atoms. The highest BCUT2D eigenvalue weighted by Crippen LogP contribution is 2.10. The van der Waals surface area contributed by atoms with Crippen LogP contribution in [-0.4, -0.2) is 27.2 Å². The Labute approximate surface area is 96.3 Å². The third-order valence-electron chi connectivity index (χ3n) is 2.45. The SMILES string of the molecule is NC(=O)c1cc2ncccc2n(CCO)c1=O. The highest BCUT2D eigenvalue weighted by atomic mass is 16.3. The molecule has 0 atom stereocenters. The molecule has 2 aromatic heterocycles. The number of aliphatic hydroxyl groups is 1. The Morgan fingerprint density at radius 3 is 2.94 bits per heavy atom. The zero-order valence-corrected chi connectivity index (χ0v) is 8.96. The average Bonchev–Trinajstić information content (AvgIpc) is 2.32. The maximum Gasteiger partial charge on any atom is 0.264 e. The van der Waals surface area contributed by atoms with Gasteiger partial charge in [-0.05, 0) is 18.2 Å². The molecular weight excluding hydrogens is 222 g/mol. The maximum absolute atomic E-state index is 11.9. The second kappa shape index (κ2) is 4.34. The summed E-state index contributed by atoms with van der Waals surface area (Å²) in [5.74, 6) is -0.797. The van der Waals surface area contributed by atoms with Crippen LogP contribution in [0.1, 0.15) is 10.4 Å². The minimum Gasteiger partial charge on any atom is -0.395 e. The third kappa shape index (κ3) is 1.90. The van der Waals surface area contributed by atoms with Gasteiger partial charge in [-0.2, -0.15) is 0 Å². The van der Waals surface area contributed by atoms with E-state index in [4.69, 9.17) is 10.8 Å². The van der Waals surface area contributed by atoms with Gasteiger partial charge >= 0.3 is 0 Å². The smallest absolute Gasteiger partial charge is 0.264 e. The van der Waals surface area contributed by atoms with Gasteiger partial charge in [0.1, 0.15) is 5.56 Å². The van der Waals surface area contributed by atoms with Crippen molar-refractivity contribution in [2.24, 2.45) is 5.73 Å². The highest BCUT2D eigenvalue weighted by Gasteiger charge is 2.13. The van der Waals surface area contributed by atoms with Crippen LogP contribution < -0.4 is 11.3 Å². The largest absolute Gasteiger partial charge is 0.395 e. The minimum absolute atomic E-state index is 0.0994. The number of hydrogen-bond acceptors (Lipinski definition) is 4. The van der Waals surface area contributed by atoms with Gasteiger partial charge in [0.2, 0.25) is 0 Å². The number of fused-ring (bicyclic) bond motifs is 1. The van der Waals surface area contributed by atoms with E-state index in [-0.39, 0.29) is 18.7 Å². The number of aliphatic hydroxyl groups excluding tert-OH is 1. The van der Waals surface area contributed by atoms with Gasteiger partial charge in [-0.1, -0.05) is 0 Å². The molecule has 0 unspecified atom stereocenters. The molecule has 6 nitrogen and oxygen atoms in total. The minimum atomic E-state index is -0.797. The van der Waals surface area contributed by atoms with Gasteiger partial charge in [0, 0.05) is 12.7 Å². The number of carbonyl (C=O) groups is 1. The molecule has 0 fully saturated rings. The monoisotopic (exact) mass is 233 g/mol. The normalized spacial score (nSPS) is 10.6. The predicted molar refractivity (Wildman–Crippen MR) is 61.6 cm³/mol. The number of hydrogen-bond donors (Lipinski definition) is 2. The Morgan fingerprint density at radius 1 is 1.53 bits per heavy atom. The van der Waals surface area contributed by atoms with Crippen molar-refractivity contribution >= 4 is 16.9 Å². The lowest BCUT2D eigenvalue weighted by atomic mass is 10.2. The summed E-state index contributed by atoms with van der Waals surface area (Å²) in [6, 6.07) is 4.75. The summed E-state index contributed by atoms with van der Waals surface area (Å²) in [6.07, 6.45) is 1.56. The van der Waals surface area contributed by atoms with Crippen LogP contribution in [0, 0.1) is 0 Å². The zero-order valence-electron chi connectivity index (χ0n) is 8.96. The van der Waals surface area contributed by atoms with E-state index in [1.807, 2.05) is 0 Å². The van der Waals surface area contributed by atoms with Gasteiger partial charge in [-0.3, -0.25) is 14.6 Å². The molecule has 88 valence electrons. The molecule has 0 aliphatic rings. The van der Waals surface area contributed by atoms with Crippen LogP contribution in [0.4, 0.5) is 0 Å². The number of carbonyl (C=O) groups excluding carboxylic acids is 1. The Kier molecular flexibility index (Phi) is 2.88. The topological polar surface area (TPSA) is 98.2 Å². The predicted octanol–water partition coefficient (Wildman–Crippen LogP) is -0.512. The van der Waals surface area contributed by atoms with Crippen LogP contribution in [0.25, 0.3) is 11.0 Å². The fourth-order valence-corrected chi connectivity index (χ4v) is 1.70. The number of pyridine rings is 2. The molecule has 0 radical (unpaired) electrons. The van der Waals surface area contributed by atoms with Gasteiger partial charge in [0.25, 0.3) is 11.5 Å². The van der Waals surface area contributed by atoms with Gasteiger partial charge < -0.3 is 15.4 Å². The zero-order chi connectivity index (χ0) is 12.4.